The monoisotopic (exact) mass is 504 g/mol. The summed E-state index contributed by atoms with van der Waals surface area (Å²) >= 11 is 0. The number of hydrogen-bond acceptors (Lipinski definition) is 0. The van der Waals surface area contributed by atoms with Gasteiger partial charge in [-0.15, -0.1) is 0 Å². The smallest absolute Gasteiger partial charge is 0.200 e. The number of benzene rings is 3. The first-order valence-corrected chi connectivity index (χ1v) is 7.57. The van der Waals surface area contributed by atoms with Crippen molar-refractivity contribution < 1.29 is 65.9 Å². The van der Waals surface area contributed by atoms with Crippen LogP contribution < -0.4 is 0 Å². The molecule has 0 fully saturated rings. The molecule has 0 aromatic heterocycles. The molecular formula is C18H3F15. The Balaban J connectivity index is 0.000000249. The lowest BCUT2D eigenvalue weighted by Crippen LogP contribution is -2.04. The standard InChI is InChI=1S/C6F6.C6HF5.C6H2F4/c7-1-2(8)4(10)6(12)5(11)3(1)9;7-2-1-3(8)5(10)6(11)4(2)9;7-3-1-4(8)6(10)2-5(3)9/h;1H;1-2H. The Hall–Kier alpha value is -3.39. The van der Waals surface area contributed by atoms with Gasteiger partial charge in [-0.05, 0) is 0 Å². The highest BCUT2D eigenvalue weighted by atomic mass is 19.2. The minimum Gasteiger partial charge on any atom is -0.204 e. The van der Waals surface area contributed by atoms with Gasteiger partial charge in [0.15, 0.2) is 46.5 Å². The van der Waals surface area contributed by atoms with E-state index in [9.17, 15) is 65.9 Å². The Bertz CT molecular complexity index is 991. The van der Waals surface area contributed by atoms with Crippen LogP contribution in [0.15, 0.2) is 18.2 Å². The Morgan fingerprint density at radius 1 is 0.212 bits per heavy atom. The molecule has 0 spiro atoms. The van der Waals surface area contributed by atoms with Gasteiger partial charge in [-0.25, -0.2) is 65.9 Å². The highest BCUT2D eigenvalue weighted by molar-refractivity contribution is 5.15. The molecule has 0 aliphatic rings. The van der Waals surface area contributed by atoms with E-state index in [1.54, 1.807) is 0 Å². The molecule has 0 unspecified atom stereocenters. The molecule has 3 rings (SSSR count). The molecule has 15 heteroatoms. The summed E-state index contributed by atoms with van der Waals surface area (Å²) < 4.78 is 180. The summed E-state index contributed by atoms with van der Waals surface area (Å²) in [4.78, 5) is 0. The fourth-order valence-corrected chi connectivity index (χ4v) is 1.62. The molecule has 0 N–H and O–H groups in total. The topological polar surface area (TPSA) is 0 Å². The van der Waals surface area contributed by atoms with E-state index in [1.807, 2.05) is 0 Å². The van der Waals surface area contributed by atoms with Gasteiger partial charge in [0.2, 0.25) is 40.7 Å². The molecule has 180 valence electrons. The Kier molecular flexibility index (Phi) is 9.18. The molecule has 3 aromatic rings. The number of hydrogen-bond donors (Lipinski definition) is 0. The zero-order valence-electron chi connectivity index (χ0n) is 14.9. The van der Waals surface area contributed by atoms with E-state index in [1.165, 1.54) is 0 Å². The van der Waals surface area contributed by atoms with E-state index >= 15 is 0 Å². The summed E-state index contributed by atoms with van der Waals surface area (Å²) in [6.07, 6.45) is 0. The van der Waals surface area contributed by atoms with Crippen molar-refractivity contribution in [3.05, 3.63) is 105 Å². The number of halogens is 15. The van der Waals surface area contributed by atoms with Gasteiger partial charge in [0.05, 0.1) is 0 Å². The third-order valence-corrected chi connectivity index (χ3v) is 3.18. The molecule has 0 saturated heterocycles. The highest BCUT2D eigenvalue weighted by Crippen LogP contribution is 2.21. The van der Waals surface area contributed by atoms with Crippen LogP contribution in [0.5, 0.6) is 0 Å². The molecule has 0 radical (unpaired) electrons. The molecule has 0 atom stereocenters. The first-order chi connectivity index (χ1) is 15.1. The van der Waals surface area contributed by atoms with Crippen LogP contribution in [0, 0.1) is 87.3 Å². The predicted molar refractivity (Wildman–Crippen MR) is 78.7 cm³/mol. The van der Waals surface area contributed by atoms with Crippen LogP contribution in [0.2, 0.25) is 0 Å². The summed E-state index contributed by atoms with van der Waals surface area (Å²) in [6, 6.07) is 0.253. The fraction of sp³-hybridized carbons (Fsp3) is 0. The summed E-state index contributed by atoms with van der Waals surface area (Å²) in [5.41, 5.74) is 0. The second-order valence-corrected chi connectivity index (χ2v) is 5.35. The van der Waals surface area contributed by atoms with Crippen LogP contribution >= 0.6 is 0 Å². The zero-order valence-corrected chi connectivity index (χ0v) is 14.9. The fourth-order valence-electron chi connectivity index (χ4n) is 1.62. The van der Waals surface area contributed by atoms with Crippen LogP contribution in [0.1, 0.15) is 0 Å². The zero-order chi connectivity index (χ0) is 25.8. The maximum Gasteiger partial charge on any atom is 0.200 e. The molecular weight excluding hydrogens is 501 g/mol. The molecule has 0 aliphatic heterocycles. The molecule has 0 amide bonds. The average Bonchev–Trinajstić information content (AvgIpc) is 2.77. The second kappa shape index (κ2) is 11.0. The van der Waals surface area contributed by atoms with Gasteiger partial charge < -0.3 is 0 Å². The van der Waals surface area contributed by atoms with Crippen molar-refractivity contribution in [2.45, 2.75) is 0 Å². The summed E-state index contributed by atoms with van der Waals surface area (Å²) in [5, 5.41) is 0. The first kappa shape index (κ1) is 27.6. The maximum absolute atomic E-state index is 12.0. The first-order valence-electron chi connectivity index (χ1n) is 7.57. The van der Waals surface area contributed by atoms with Crippen LogP contribution in [0.3, 0.4) is 0 Å². The summed E-state index contributed by atoms with van der Waals surface area (Å²) in [6.45, 7) is 0. The highest BCUT2D eigenvalue weighted by Gasteiger charge is 2.25. The third-order valence-electron chi connectivity index (χ3n) is 3.18. The van der Waals surface area contributed by atoms with Gasteiger partial charge in [0, 0.05) is 18.2 Å². The average molecular weight is 504 g/mol. The lowest BCUT2D eigenvalue weighted by Gasteiger charge is -1.99. The van der Waals surface area contributed by atoms with Gasteiger partial charge in [-0.2, -0.15) is 0 Å². The quantitative estimate of drug-likeness (QED) is 0.173. The van der Waals surface area contributed by atoms with E-state index < -0.39 is 87.3 Å². The van der Waals surface area contributed by atoms with E-state index in [4.69, 9.17) is 0 Å². The number of rotatable bonds is 0. The molecule has 0 saturated carbocycles. The van der Waals surface area contributed by atoms with Gasteiger partial charge >= 0.3 is 0 Å². The minimum absolute atomic E-state index is 0.0618. The SMILES string of the molecule is Fc1c(F)c(F)c(F)c(F)c1F.Fc1cc(F)c(F)c(F)c1F.Fc1cc(F)c(F)cc1F. The summed E-state index contributed by atoms with van der Waals surface area (Å²) in [5.74, 6) is -29.4. The van der Waals surface area contributed by atoms with Crippen molar-refractivity contribution in [1.29, 1.82) is 0 Å². The maximum atomic E-state index is 12.0. The molecule has 0 bridgehead atoms. The van der Waals surface area contributed by atoms with Crippen LogP contribution in [-0.4, -0.2) is 0 Å². The second-order valence-electron chi connectivity index (χ2n) is 5.35. The van der Waals surface area contributed by atoms with Crippen LogP contribution in [-0.2, 0) is 0 Å². The van der Waals surface area contributed by atoms with Crippen molar-refractivity contribution in [1.82, 2.24) is 0 Å². The normalized spacial score (nSPS) is 10.3. The van der Waals surface area contributed by atoms with Crippen molar-refractivity contribution in [2.75, 3.05) is 0 Å². The largest absolute Gasteiger partial charge is 0.204 e. The molecule has 0 nitrogen and oxygen atoms in total. The van der Waals surface area contributed by atoms with E-state index in [2.05, 4.69) is 0 Å². The van der Waals surface area contributed by atoms with Crippen LogP contribution in [0.25, 0.3) is 0 Å². The van der Waals surface area contributed by atoms with Crippen molar-refractivity contribution in [2.24, 2.45) is 0 Å². The molecule has 0 heterocycles. The van der Waals surface area contributed by atoms with Gasteiger partial charge in [0.25, 0.3) is 0 Å². The van der Waals surface area contributed by atoms with Gasteiger partial charge in [-0.3, -0.25) is 0 Å². The Morgan fingerprint density at radius 3 is 0.576 bits per heavy atom. The Morgan fingerprint density at radius 2 is 0.364 bits per heavy atom. The van der Waals surface area contributed by atoms with Gasteiger partial charge in [0.1, 0.15) is 0 Å². The van der Waals surface area contributed by atoms with Gasteiger partial charge in [-0.1, -0.05) is 0 Å². The van der Waals surface area contributed by atoms with E-state index in [-0.39, 0.29) is 18.2 Å². The minimum atomic E-state index is -2.37. The summed E-state index contributed by atoms with van der Waals surface area (Å²) in [7, 11) is 0. The predicted octanol–water partition coefficient (Wildman–Crippen LogP) is 7.15. The lowest BCUT2D eigenvalue weighted by molar-refractivity contribution is 0.334. The van der Waals surface area contributed by atoms with Crippen molar-refractivity contribution >= 4 is 0 Å². The molecule has 3 aromatic carbocycles. The van der Waals surface area contributed by atoms with E-state index in [0.717, 1.165) is 0 Å². The Labute approximate surface area is 172 Å². The van der Waals surface area contributed by atoms with Crippen molar-refractivity contribution in [3.8, 4) is 0 Å². The van der Waals surface area contributed by atoms with Crippen molar-refractivity contribution in [3.63, 3.8) is 0 Å². The molecule has 0 aliphatic carbocycles. The third kappa shape index (κ3) is 6.32. The van der Waals surface area contributed by atoms with Crippen LogP contribution in [0.4, 0.5) is 65.9 Å². The lowest BCUT2D eigenvalue weighted by atomic mass is 10.3. The molecule has 33 heavy (non-hydrogen) atoms. The van der Waals surface area contributed by atoms with E-state index in [0.29, 0.717) is 0 Å².